The molecule has 0 amide bonds. The molecule has 0 fully saturated rings. The molecule has 0 aliphatic carbocycles. The van der Waals surface area contributed by atoms with Crippen LogP contribution >= 0.6 is 0 Å². The maximum absolute atomic E-state index is 13.0. The van der Waals surface area contributed by atoms with Gasteiger partial charge in [-0.25, -0.2) is 0 Å². The number of hydrogen-bond acceptors (Lipinski definition) is 2. The molecule has 3 rings (SSSR count). The summed E-state index contributed by atoms with van der Waals surface area (Å²) in [5.74, 6) is 0.512. The van der Waals surface area contributed by atoms with E-state index >= 15 is 0 Å². The second-order valence-electron chi connectivity index (χ2n) is 7.13. The molecule has 1 atom stereocenters. The Labute approximate surface area is 132 Å². The first-order chi connectivity index (χ1) is 10.3. The second-order valence-corrected chi connectivity index (χ2v) is 7.13. The fourth-order valence-corrected chi connectivity index (χ4v) is 3.68. The fourth-order valence-electron chi connectivity index (χ4n) is 3.68. The van der Waals surface area contributed by atoms with Gasteiger partial charge in [0.25, 0.3) is 0 Å². The first kappa shape index (κ1) is 14.8. The number of rotatable bonds is 1. The normalized spacial score (nSPS) is 20.7. The van der Waals surface area contributed by atoms with Gasteiger partial charge >= 0.3 is 5.97 Å². The Morgan fingerprint density at radius 2 is 1.55 bits per heavy atom. The molecular weight excluding hydrogens is 272 g/mol. The molecule has 22 heavy (non-hydrogen) atoms. The molecule has 2 aromatic rings. The second kappa shape index (κ2) is 4.70. The molecule has 0 spiro atoms. The molecule has 0 radical (unpaired) electrons. The van der Waals surface area contributed by atoms with Crippen molar-refractivity contribution in [3.63, 3.8) is 0 Å². The number of carbonyl (C=O) groups excluding carboxylic acids is 1. The number of hydrogen-bond donors (Lipinski definition) is 0. The fraction of sp³-hybridized carbons (Fsp3) is 0.350. The molecule has 0 bridgehead atoms. The Morgan fingerprint density at radius 1 is 0.909 bits per heavy atom. The van der Waals surface area contributed by atoms with E-state index in [-0.39, 0.29) is 11.4 Å². The number of carbonyl (C=O) groups is 1. The van der Waals surface area contributed by atoms with Crippen molar-refractivity contribution in [2.45, 2.75) is 40.0 Å². The molecular formula is C20H22O2. The Balaban J connectivity index is 2.43. The van der Waals surface area contributed by atoms with Crippen molar-refractivity contribution in [2.75, 3.05) is 0 Å². The zero-order valence-electron chi connectivity index (χ0n) is 13.9. The highest BCUT2D eigenvalue weighted by atomic mass is 16.5. The van der Waals surface area contributed by atoms with Crippen LogP contribution in [0.5, 0.6) is 5.75 Å². The lowest BCUT2D eigenvalue weighted by Crippen LogP contribution is -2.47. The maximum atomic E-state index is 13.0. The number of fused-ring (bicyclic) bond motifs is 1. The van der Waals surface area contributed by atoms with Gasteiger partial charge in [-0.15, -0.1) is 0 Å². The van der Waals surface area contributed by atoms with Crippen molar-refractivity contribution < 1.29 is 9.53 Å². The SMILES string of the molecule is Cc1cccc(C2(C(C)(C)C)C(=O)Oc3ccccc32)c1C. The quantitative estimate of drug-likeness (QED) is 0.569. The summed E-state index contributed by atoms with van der Waals surface area (Å²) < 4.78 is 5.66. The lowest BCUT2D eigenvalue weighted by molar-refractivity contribution is -0.140. The molecule has 2 nitrogen and oxygen atoms in total. The number of para-hydroxylation sites is 1. The van der Waals surface area contributed by atoms with Gasteiger partial charge in [-0.3, -0.25) is 4.79 Å². The molecule has 0 N–H and O–H groups in total. The summed E-state index contributed by atoms with van der Waals surface area (Å²) in [5.41, 5.74) is 3.31. The average Bonchev–Trinajstić information content (AvgIpc) is 2.74. The largest absolute Gasteiger partial charge is 0.425 e. The third-order valence-corrected chi connectivity index (χ3v) is 4.93. The van der Waals surface area contributed by atoms with Crippen LogP contribution in [0.3, 0.4) is 0 Å². The lowest BCUT2D eigenvalue weighted by Gasteiger charge is -2.40. The van der Waals surface area contributed by atoms with E-state index in [1.807, 2.05) is 30.3 Å². The van der Waals surface area contributed by atoms with Crippen LogP contribution in [0.15, 0.2) is 42.5 Å². The predicted octanol–water partition coefficient (Wildman–Crippen LogP) is 4.55. The van der Waals surface area contributed by atoms with Crippen LogP contribution in [-0.4, -0.2) is 5.97 Å². The topological polar surface area (TPSA) is 26.3 Å². The number of ether oxygens (including phenoxy) is 1. The van der Waals surface area contributed by atoms with E-state index in [4.69, 9.17) is 4.74 Å². The highest BCUT2D eigenvalue weighted by molar-refractivity contribution is 5.95. The van der Waals surface area contributed by atoms with Crippen LogP contribution in [0.2, 0.25) is 0 Å². The van der Waals surface area contributed by atoms with Crippen molar-refractivity contribution in [1.29, 1.82) is 0 Å². The summed E-state index contributed by atoms with van der Waals surface area (Å²) in [6, 6.07) is 14.0. The zero-order valence-corrected chi connectivity index (χ0v) is 13.9. The number of aryl methyl sites for hydroxylation is 1. The minimum Gasteiger partial charge on any atom is -0.425 e. The Hall–Kier alpha value is -2.09. The van der Waals surface area contributed by atoms with Crippen LogP contribution in [0.4, 0.5) is 0 Å². The molecule has 0 aromatic heterocycles. The molecule has 0 saturated heterocycles. The van der Waals surface area contributed by atoms with Gasteiger partial charge in [0.2, 0.25) is 0 Å². The first-order valence-corrected chi connectivity index (χ1v) is 7.68. The molecule has 2 heteroatoms. The molecule has 114 valence electrons. The van der Waals surface area contributed by atoms with Gasteiger partial charge in [0.05, 0.1) is 0 Å². The molecule has 2 aromatic carbocycles. The number of esters is 1. The van der Waals surface area contributed by atoms with Gasteiger partial charge in [0.1, 0.15) is 11.2 Å². The molecule has 1 aliphatic rings. The molecule has 1 unspecified atom stereocenters. The monoisotopic (exact) mass is 294 g/mol. The van der Waals surface area contributed by atoms with Crippen molar-refractivity contribution in [1.82, 2.24) is 0 Å². The molecule has 1 heterocycles. The van der Waals surface area contributed by atoms with Crippen LogP contribution in [0.1, 0.15) is 43.0 Å². The minimum atomic E-state index is -0.764. The van der Waals surface area contributed by atoms with Crippen LogP contribution in [0.25, 0.3) is 0 Å². The standard InChI is InChI=1S/C20H22O2/c1-13-9-8-11-15(14(13)2)20(19(3,4)5)16-10-6-7-12-17(16)22-18(20)21/h6-12H,1-5H3. The van der Waals surface area contributed by atoms with Gasteiger partial charge in [-0.1, -0.05) is 57.2 Å². The van der Waals surface area contributed by atoms with Gasteiger partial charge < -0.3 is 4.74 Å². The maximum Gasteiger partial charge on any atom is 0.327 e. The molecule has 1 aliphatic heterocycles. The third kappa shape index (κ3) is 1.76. The highest BCUT2D eigenvalue weighted by Gasteiger charge is 2.58. The van der Waals surface area contributed by atoms with E-state index in [9.17, 15) is 4.79 Å². The summed E-state index contributed by atoms with van der Waals surface area (Å²) in [6.45, 7) is 10.5. The van der Waals surface area contributed by atoms with Crippen molar-refractivity contribution in [3.8, 4) is 5.75 Å². The van der Waals surface area contributed by atoms with E-state index in [1.54, 1.807) is 0 Å². The van der Waals surface area contributed by atoms with Crippen LogP contribution in [0, 0.1) is 19.3 Å². The van der Waals surface area contributed by atoms with E-state index in [2.05, 4.69) is 46.8 Å². The summed E-state index contributed by atoms with van der Waals surface area (Å²) >= 11 is 0. The van der Waals surface area contributed by atoms with Crippen molar-refractivity contribution >= 4 is 5.97 Å². The van der Waals surface area contributed by atoms with Crippen molar-refractivity contribution in [2.24, 2.45) is 5.41 Å². The first-order valence-electron chi connectivity index (χ1n) is 7.68. The van der Waals surface area contributed by atoms with Gasteiger partial charge in [-0.2, -0.15) is 0 Å². The van der Waals surface area contributed by atoms with E-state index < -0.39 is 5.41 Å². The lowest BCUT2D eigenvalue weighted by atomic mass is 9.58. The van der Waals surface area contributed by atoms with E-state index in [0.29, 0.717) is 5.75 Å². The smallest absolute Gasteiger partial charge is 0.327 e. The zero-order chi connectivity index (χ0) is 16.1. The van der Waals surface area contributed by atoms with Crippen molar-refractivity contribution in [3.05, 3.63) is 64.7 Å². The Morgan fingerprint density at radius 3 is 2.23 bits per heavy atom. The third-order valence-electron chi connectivity index (χ3n) is 4.93. The molecule has 0 saturated carbocycles. The average molecular weight is 294 g/mol. The Kier molecular flexibility index (Phi) is 3.17. The van der Waals surface area contributed by atoms with E-state index in [1.165, 1.54) is 5.56 Å². The van der Waals surface area contributed by atoms with Gasteiger partial charge in [-0.05, 0) is 42.0 Å². The summed E-state index contributed by atoms with van der Waals surface area (Å²) in [5, 5.41) is 0. The predicted molar refractivity (Wildman–Crippen MR) is 88.2 cm³/mol. The highest BCUT2D eigenvalue weighted by Crippen LogP contribution is 2.55. The van der Waals surface area contributed by atoms with Crippen LogP contribution < -0.4 is 4.74 Å². The minimum absolute atomic E-state index is 0.171. The van der Waals surface area contributed by atoms with E-state index in [0.717, 1.165) is 16.7 Å². The number of benzene rings is 2. The Bertz CT molecular complexity index is 753. The summed E-state index contributed by atoms with van der Waals surface area (Å²) in [4.78, 5) is 13.0. The summed E-state index contributed by atoms with van der Waals surface area (Å²) in [7, 11) is 0. The summed E-state index contributed by atoms with van der Waals surface area (Å²) in [6.07, 6.45) is 0. The van der Waals surface area contributed by atoms with Crippen LogP contribution in [-0.2, 0) is 10.2 Å². The van der Waals surface area contributed by atoms with Gasteiger partial charge in [0.15, 0.2) is 0 Å². The van der Waals surface area contributed by atoms with Gasteiger partial charge in [0, 0.05) is 5.56 Å².